The summed E-state index contributed by atoms with van der Waals surface area (Å²) in [5, 5.41) is 4.39. The van der Waals surface area contributed by atoms with Crippen LogP contribution in [0.5, 0.6) is 11.5 Å². The van der Waals surface area contributed by atoms with Crippen molar-refractivity contribution in [2.75, 3.05) is 7.11 Å². The summed E-state index contributed by atoms with van der Waals surface area (Å²) in [5.41, 5.74) is 2.25. The molecule has 0 unspecified atom stereocenters. The van der Waals surface area contributed by atoms with Crippen molar-refractivity contribution in [2.45, 2.75) is 51.3 Å². The van der Waals surface area contributed by atoms with Crippen LogP contribution in [0.15, 0.2) is 40.9 Å². The molecule has 0 bridgehead atoms. The molecule has 3 rings (SSSR count). The zero-order valence-corrected chi connectivity index (χ0v) is 18.6. The minimum absolute atomic E-state index is 0. The molecule has 0 radical (unpaired) electrons. The highest BCUT2D eigenvalue weighted by Crippen LogP contribution is 2.37. The molecule has 0 heterocycles. The molecule has 1 fully saturated rings. The van der Waals surface area contributed by atoms with E-state index in [0.29, 0.717) is 12.6 Å². The van der Waals surface area contributed by atoms with Gasteiger partial charge in [-0.2, -0.15) is 0 Å². The van der Waals surface area contributed by atoms with Crippen LogP contribution in [-0.4, -0.2) is 13.2 Å². The summed E-state index contributed by atoms with van der Waals surface area (Å²) >= 11 is 9.57. The number of rotatable bonds is 7. The van der Waals surface area contributed by atoms with E-state index in [1.165, 1.54) is 37.7 Å². The Morgan fingerprint density at radius 1 is 1.07 bits per heavy atom. The first kappa shape index (κ1) is 22.4. The SMILES string of the molecule is COc1cc(CNC2CCCCC2)cc(Br)c1OCc1ccc(Cl)cc1.Cl. The van der Waals surface area contributed by atoms with E-state index in [1.54, 1.807) is 7.11 Å². The second-order valence-electron chi connectivity index (χ2n) is 6.74. The van der Waals surface area contributed by atoms with Crippen LogP contribution in [-0.2, 0) is 13.2 Å². The molecule has 0 amide bonds. The Hall–Kier alpha value is -0.940. The van der Waals surface area contributed by atoms with Gasteiger partial charge in [-0.25, -0.2) is 0 Å². The highest BCUT2D eigenvalue weighted by Gasteiger charge is 2.15. The summed E-state index contributed by atoms with van der Waals surface area (Å²) in [6, 6.07) is 12.5. The molecule has 0 aliphatic heterocycles. The average Bonchev–Trinajstić information content (AvgIpc) is 2.67. The minimum Gasteiger partial charge on any atom is -0.493 e. The molecule has 0 aromatic heterocycles. The van der Waals surface area contributed by atoms with Crippen molar-refractivity contribution in [3.63, 3.8) is 0 Å². The molecule has 0 saturated heterocycles. The van der Waals surface area contributed by atoms with Crippen LogP contribution in [0.25, 0.3) is 0 Å². The highest BCUT2D eigenvalue weighted by molar-refractivity contribution is 9.10. The molecule has 2 aromatic carbocycles. The predicted octanol–water partition coefficient (Wildman–Crippen LogP) is 6.53. The summed E-state index contributed by atoms with van der Waals surface area (Å²) in [7, 11) is 1.68. The van der Waals surface area contributed by atoms with Gasteiger partial charge in [0, 0.05) is 17.6 Å². The molecule has 1 aliphatic rings. The third-order valence-corrected chi connectivity index (χ3v) is 5.63. The van der Waals surface area contributed by atoms with Gasteiger partial charge in [-0.1, -0.05) is 43.0 Å². The van der Waals surface area contributed by atoms with Gasteiger partial charge in [-0.15, -0.1) is 12.4 Å². The van der Waals surface area contributed by atoms with Crippen molar-refractivity contribution in [3.8, 4) is 11.5 Å². The van der Waals surface area contributed by atoms with Crippen LogP contribution < -0.4 is 14.8 Å². The van der Waals surface area contributed by atoms with Crippen LogP contribution in [0, 0.1) is 0 Å². The molecule has 0 atom stereocenters. The topological polar surface area (TPSA) is 30.5 Å². The Morgan fingerprint density at radius 3 is 2.44 bits per heavy atom. The number of methoxy groups -OCH3 is 1. The van der Waals surface area contributed by atoms with E-state index in [-0.39, 0.29) is 12.4 Å². The average molecular weight is 475 g/mol. The molecule has 148 valence electrons. The molecule has 2 aromatic rings. The Balaban J connectivity index is 0.00000261. The van der Waals surface area contributed by atoms with E-state index in [4.69, 9.17) is 21.1 Å². The molecule has 1 N–H and O–H groups in total. The molecule has 3 nitrogen and oxygen atoms in total. The quantitative estimate of drug-likeness (QED) is 0.494. The van der Waals surface area contributed by atoms with Crippen molar-refractivity contribution in [1.82, 2.24) is 5.32 Å². The van der Waals surface area contributed by atoms with Gasteiger partial charge < -0.3 is 14.8 Å². The third kappa shape index (κ3) is 6.56. The standard InChI is InChI=1S/C21H25BrClNO2.ClH/c1-25-20-12-16(13-24-18-5-3-2-4-6-18)11-19(22)21(20)26-14-15-7-9-17(23)10-8-15;/h7-12,18,24H,2-6,13-14H2,1H3;1H. The van der Waals surface area contributed by atoms with Gasteiger partial charge in [0.1, 0.15) is 6.61 Å². The largest absolute Gasteiger partial charge is 0.493 e. The van der Waals surface area contributed by atoms with Gasteiger partial charge in [0.2, 0.25) is 0 Å². The number of benzene rings is 2. The van der Waals surface area contributed by atoms with Gasteiger partial charge in [-0.05, 0) is 64.2 Å². The number of halogens is 3. The number of hydrogen-bond acceptors (Lipinski definition) is 3. The van der Waals surface area contributed by atoms with E-state index >= 15 is 0 Å². The summed E-state index contributed by atoms with van der Waals surface area (Å²) in [4.78, 5) is 0. The zero-order chi connectivity index (χ0) is 18.4. The lowest BCUT2D eigenvalue weighted by molar-refractivity contribution is 0.282. The minimum atomic E-state index is 0. The van der Waals surface area contributed by atoms with Crippen LogP contribution in [0.2, 0.25) is 5.02 Å². The zero-order valence-electron chi connectivity index (χ0n) is 15.5. The fraction of sp³-hybridized carbons (Fsp3) is 0.429. The highest BCUT2D eigenvalue weighted by atomic mass is 79.9. The van der Waals surface area contributed by atoms with Crippen molar-refractivity contribution in [3.05, 3.63) is 57.0 Å². The summed E-state index contributed by atoms with van der Waals surface area (Å²) in [6.07, 6.45) is 6.60. The van der Waals surface area contributed by atoms with Gasteiger partial charge >= 0.3 is 0 Å². The summed E-state index contributed by atoms with van der Waals surface area (Å²) < 4.78 is 12.5. The molecule has 1 saturated carbocycles. The summed E-state index contributed by atoms with van der Waals surface area (Å²) in [5.74, 6) is 1.47. The predicted molar refractivity (Wildman–Crippen MR) is 117 cm³/mol. The van der Waals surface area contributed by atoms with Crippen LogP contribution >= 0.6 is 39.9 Å². The molecule has 6 heteroatoms. The molecular weight excluding hydrogens is 449 g/mol. The van der Waals surface area contributed by atoms with E-state index in [1.807, 2.05) is 24.3 Å². The van der Waals surface area contributed by atoms with Gasteiger partial charge in [0.05, 0.1) is 11.6 Å². The first-order valence-corrected chi connectivity index (χ1v) is 10.3. The van der Waals surface area contributed by atoms with Crippen molar-refractivity contribution < 1.29 is 9.47 Å². The maximum atomic E-state index is 6.00. The second kappa shape index (κ2) is 11.2. The first-order chi connectivity index (χ1) is 12.7. The van der Waals surface area contributed by atoms with Crippen molar-refractivity contribution in [1.29, 1.82) is 0 Å². The van der Waals surface area contributed by atoms with Crippen LogP contribution in [0.3, 0.4) is 0 Å². The maximum absolute atomic E-state index is 6.00. The normalized spacial score (nSPS) is 14.5. The van der Waals surface area contributed by atoms with E-state index in [0.717, 1.165) is 33.1 Å². The van der Waals surface area contributed by atoms with E-state index < -0.39 is 0 Å². The number of hydrogen-bond donors (Lipinski definition) is 1. The molecule has 27 heavy (non-hydrogen) atoms. The fourth-order valence-electron chi connectivity index (χ4n) is 3.32. The molecular formula is C21H26BrCl2NO2. The second-order valence-corrected chi connectivity index (χ2v) is 8.03. The van der Waals surface area contributed by atoms with E-state index in [2.05, 4.69) is 33.4 Å². The van der Waals surface area contributed by atoms with Gasteiger partial charge in [0.15, 0.2) is 11.5 Å². The van der Waals surface area contributed by atoms with Gasteiger partial charge in [-0.3, -0.25) is 0 Å². The molecule has 0 spiro atoms. The third-order valence-electron chi connectivity index (χ3n) is 4.79. The first-order valence-electron chi connectivity index (χ1n) is 9.13. The Bertz CT molecular complexity index is 719. The van der Waals surface area contributed by atoms with Crippen LogP contribution in [0.4, 0.5) is 0 Å². The lowest BCUT2D eigenvalue weighted by Crippen LogP contribution is -2.30. The fourth-order valence-corrected chi connectivity index (χ4v) is 4.05. The Labute approximate surface area is 181 Å². The lowest BCUT2D eigenvalue weighted by Gasteiger charge is -2.23. The van der Waals surface area contributed by atoms with E-state index in [9.17, 15) is 0 Å². The Kier molecular flexibility index (Phi) is 9.24. The van der Waals surface area contributed by atoms with Gasteiger partial charge in [0.25, 0.3) is 0 Å². The number of ether oxygens (including phenoxy) is 2. The molecule has 1 aliphatic carbocycles. The Morgan fingerprint density at radius 2 is 1.78 bits per heavy atom. The number of nitrogens with one attached hydrogen (secondary N) is 1. The monoisotopic (exact) mass is 473 g/mol. The lowest BCUT2D eigenvalue weighted by atomic mass is 9.95. The van der Waals surface area contributed by atoms with Crippen molar-refractivity contribution >= 4 is 39.9 Å². The summed E-state index contributed by atoms with van der Waals surface area (Å²) in [6.45, 7) is 1.31. The van der Waals surface area contributed by atoms with Crippen LogP contribution in [0.1, 0.15) is 43.2 Å². The smallest absolute Gasteiger partial charge is 0.175 e. The van der Waals surface area contributed by atoms with Crippen molar-refractivity contribution in [2.24, 2.45) is 0 Å². The maximum Gasteiger partial charge on any atom is 0.175 e.